The summed E-state index contributed by atoms with van der Waals surface area (Å²) < 4.78 is 39.4. The molecule has 0 spiro atoms. The summed E-state index contributed by atoms with van der Waals surface area (Å²) in [6, 6.07) is 8.61. The molecule has 174 valence electrons. The van der Waals surface area contributed by atoms with Gasteiger partial charge in [-0.25, -0.2) is 0 Å². The average Bonchev–Trinajstić information content (AvgIpc) is 2.87. The Balaban J connectivity index is 1.63. The molecule has 7 nitrogen and oxygen atoms in total. The van der Waals surface area contributed by atoms with E-state index in [9.17, 15) is 27.6 Å². The van der Waals surface area contributed by atoms with Gasteiger partial charge in [0.15, 0.2) is 0 Å². The summed E-state index contributed by atoms with van der Waals surface area (Å²) in [7, 11) is 3.54. The number of rotatable bonds is 3. The van der Waals surface area contributed by atoms with Gasteiger partial charge in [-0.3, -0.25) is 14.4 Å². The Kier molecular flexibility index (Phi) is 5.87. The van der Waals surface area contributed by atoms with E-state index in [0.29, 0.717) is 23.4 Å². The third-order valence-corrected chi connectivity index (χ3v) is 5.78. The van der Waals surface area contributed by atoms with Crippen LogP contribution in [-0.2, 0) is 15.8 Å². The van der Waals surface area contributed by atoms with Gasteiger partial charge in [0.05, 0.1) is 29.9 Å². The minimum absolute atomic E-state index is 0.0821. The lowest BCUT2D eigenvalue weighted by atomic mass is 9.99. The Morgan fingerprint density at radius 3 is 2.52 bits per heavy atom. The van der Waals surface area contributed by atoms with Gasteiger partial charge in [-0.2, -0.15) is 13.2 Å². The van der Waals surface area contributed by atoms with E-state index in [0.717, 1.165) is 12.1 Å². The van der Waals surface area contributed by atoms with Crippen molar-refractivity contribution < 1.29 is 27.6 Å². The minimum atomic E-state index is -4.48. The standard InChI is InChI=1S/C23H23F3N4O3/c1-28(2)13-20(31)29-8-9-30-19(12-29)21(32)27-18-7-6-15(11-17(18)22(30)33)14-4-3-5-16(10-14)23(24,25)26/h3-7,10-11,19H,8-9,12-13H2,1-2H3,(H,27,32)/t19-/m1/s1. The van der Waals surface area contributed by atoms with Gasteiger partial charge in [0.2, 0.25) is 11.8 Å². The second-order valence-corrected chi connectivity index (χ2v) is 8.42. The number of hydrogen-bond acceptors (Lipinski definition) is 4. The highest BCUT2D eigenvalue weighted by molar-refractivity contribution is 6.10. The van der Waals surface area contributed by atoms with Crippen LogP contribution in [0.1, 0.15) is 15.9 Å². The van der Waals surface area contributed by atoms with E-state index in [4.69, 9.17) is 0 Å². The molecular weight excluding hydrogens is 437 g/mol. The molecule has 2 aromatic rings. The summed E-state index contributed by atoms with van der Waals surface area (Å²) >= 11 is 0. The van der Waals surface area contributed by atoms with Crippen LogP contribution < -0.4 is 5.32 Å². The predicted octanol–water partition coefficient (Wildman–Crippen LogP) is 2.54. The number of nitrogens with one attached hydrogen (secondary N) is 1. The summed E-state index contributed by atoms with van der Waals surface area (Å²) in [4.78, 5) is 43.4. The van der Waals surface area contributed by atoms with Crippen molar-refractivity contribution in [3.05, 3.63) is 53.6 Å². The van der Waals surface area contributed by atoms with Crippen molar-refractivity contribution >= 4 is 23.4 Å². The molecule has 1 fully saturated rings. The van der Waals surface area contributed by atoms with Crippen LogP contribution in [0.4, 0.5) is 18.9 Å². The van der Waals surface area contributed by atoms with Crippen LogP contribution in [-0.4, -0.2) is 78.7 Å². The molecule has 1 N–H and O–H groups in total. The van der Waals surface area contributed by atoms with Crippen LogP contribution in [0, 0.1) is 0 Å². The monoisotopic (exact) mass is 460 g/mol. The smallest absolute Gasteiger partial charge is 0.337 e. The first-order chi connectivity index (χ1) is 15.5. The molecule has 33 heavy (non-hydrogen) atoms. The fraction of sp³-hybridized carbons (Fsp3) is 0.348. The van der Waals surface area contributed by atoms with Crippen LogP contribution in [0.3, 0.4) is 0 Å². The number of amides is 3. The third-order valence-electron chi connectivity index (χ3n) is 5.78. The molecule has 0 bridgehead atoms. The lowest BCUT2D eigenvalue weighted by molar-refractivity contribution is -0.138. The molecule has 2 aliphatic rings. The average molecular weight is 460 g/mol. The molecule has 2 heterocycles. The SMILES string of the molecule is CN(C)CC(=O)N1CCN2C(=O)c3cc(-c4cccc(C(F)(F)F)c4)ccc3NC(=O)[C@H]2C1. The molecule has 0 aliphatic carbocycles. The molecule has 1 saturated heterocycles. The number of benzene rings is 2. The summed E-state index contributed by atoms with van der Waals surface area (Å²) in [5.41, 5.74) is 0.454. The van der Waals surface area contributed by atoms with Gasteiger partial charge in [-0.15, -0.1) is 0 Å². The maximum atomic E-state index is 13.3. The van der Waals surface area contributed by atoms with E-state index in [-0.39, 0.29) is 31.1 Å². The zero-order valence-electron chi connectivity index (χ0n) is 18.1. The van der Waals surface area contributed by atoms with Gasteiger partial charge >= 0.3 is 6.18 Å². The number of carbonyl (C=O) groups is 3. The van der Waals surface area contributed by atoms with Gasteiger partial charge in [0.1, 0.15) is 6.04 Å². The van der Waals surface area contributed by atoms with E-state index < -0.39 is 29.6 Å². The van der Waals surface area contributed by atoms with E-state index in [1.54, 1.807) is 30.0 Å². The first kappa shape index (κ1) is 22.8. The summed E-state index contributed by atoms with van der Waals surface area (Å²) in [6.45, 7) is 0.760. The summed E-state index contributed by atoms with van der Waals surface area (Å²) in [5.74, 6) is -0.938. The number of anilines is 1. The number of fused-ring (bicyclic) bond motifs is 2. The largest absolute Gasteiger partial charge is 0.416 e. The second-order valence-electron chi connectivity index (χ2n) is 8.42. The summed E-state index contributed by atoms with van der Waals surface area (Å²) in [5, 5.41) is 2.74. The van der Waals surface area contributed by atoms with E-state index >= 15 is 0 Å². The predicted molar refractivity (Wildman–Crippen MR) is 115 cm³/mol. The van der Waals surface area contributed by atoms with Gasteiger partial charge in [0.25, 0.3) is 5.91 Å². The van der Waals surface area contributed by atoms with Crippen LogP contribution in [0.2, 0.25) is 0 Å². The molecule has 0 saturated carbocycles. The lowest BCUT2D eigenvalue weighted by Crippen LogP contribution is -2.60. The van der Waals surface area contributed by atoms with Crippen molar-refractivity contribution in [2.75, 3.05) is 45.6 Å². The van der Waals surface area contributed by atoms with Crippen molar-refractivity contribution in [2.45, 2.75) is 12.2 Å². The Morgan fingerprint density at radius 2 is 1.82 bits per heavy atom. The normalized spacial score (nSPS) is 18.5. The van der Waals surface area contributed by atoms with Gasteiger partial charge in [-0.1, -0.05) is 18.2 Å². The van der Waals surface area contributed by atoms with Gasteiger partial charge < -0.3 is 20.0 Å². The maximum absolute atomic E-state index is 13.3. The fourth-order valence-electron chi connectivity index (χ4n) is 4.10. The molecule has 1 atom stereocenters. The van der Waals surface area contributed by atoms with E-state index in [1.165, 1.54) is 29.2 Å². The Morgan fingerprint density at radius 1 is 1.09 bits per heavy atom. The number of piperazine rings is 1. The third kappa shape index (κ3) is 4.56. The zero-order chi connectivity index (χ0) is 23.9. The second kappa shape index (κ2) is 8.51. The van der Waals surface area contributed by atoms with Crippen LogP contribution >= 0.6 is 0 Å². The van der Waals surface area contributed by atoms with Crippen LogP contribution in [0.15, 0.2) is 42.5 Å². The first-order valence-electron chi connectivity index (χ1n) is 10.4. The Bertz CT molecular complexity index is 1120. The summed E-state index contributed by atoms with van der Waals surface area (Å²) in [6.07, 6.45) is -4.48. The highest BCUT2D eigenvalue weighted by Crippen LogP contribution is 2.34. The number of likely N-dealkylation sites (N-methyl/N-ethyl adjacent to an activating group) is 1. The van der Waals surface area contributed by atoms with Crippen molar-refractivity contribution in [3.63, 3.8) is 0 Å². The van der Waals surface area contributed by atoms with Crippen molar-refractivity contribution in [1.29, 1.82) is 0 Å². The van der Waals surface area contributed by atoms with Crippen LogP contribution in [0.25, 0.3) is 11.1 Å². The molecule has 0 radical (unpaired) electrons. The van der Waals surface area contributed by atoms with Crippen molar-refractivity contribution in [2.24, 2.45) is 0 Å². The lowest BCUT2D eigenvalue weighted by Gasteiger charge is -2.39. The zero-order valence-corrected chi connectivity index (χ0v) is 18.1. The Labute approximate surface area is 188 Å². The number of hydrogen-bond donors (Lipinski definition) is 1. The van der Waals surface area contributed by atoms with Gasteiger partial charge in [0, 0.05) is 13.1 Å². The Hall–Kier alpha value is -3.40. The number of halogens is 3. The molecule has 0 unspecified atom stereocenters. The van der Waals surface area contributed by atoms with Crippen molar-refractivity contribution in [1.82, 2.24) is 14.7 Å². The molecular formula is C23H23F3N4O3. The topological polar surface area (TPSA) is 73.0 Å². The highest BCUT2D eigenvalue weighted by Gasteiger charge is 2.40. The number of nitrogens with zero attached hydrogens (tertiary/aromatic N) is 3. The molecule has 3 amide bonds. The van der Waals surface area contributed by atoms with Crippen LogP contribution in [0.5, 0.6) is 0 Å². The fourth-order valence-corrected chi connectivity index (χ4v) is 4.10. The minimum Gasteiger partial charge on any atom is -0.337 e. The quantitative estimate of drug-likeness (QED) is 0.764. The van der Waals surface area contributed by atoms with Gasteiger partial charge in [-0.05, 0) is 49.5 Å². The highest BCUT2D eigenvalue weighted by atomic mass is 19.4. The molecule has 10 heteroatoms. The number of alkyl halides is 3. The van der Waals surface area contributed by atoms with E-state index in [1.807, 2.05) is 0 Å². The molecule has 2 aliphatic heterocycles. The molecule has 2 aromatic carbocycles. The van der Waals surface area contributed by atoms with Crippen molar-refractivity contribution in [3.8, 4) is 11.1 Å². The number of carbonyl (C=O) groups excluding carboxylic acids is 3. The first-order valence-corrected chi connectivity index (χ1v) is 10.4. The maximum Gasteiger partial charge on any atom is 0.416 e. The molecule has 0 aromatic heterocycles. The van der Waals surface area contributed by atoms with E-state index in [2.05, 4.69) is 5.32 Å². The molecule has 4 rings (SSSR count).